The fourth-order valence-electron chi connectivity index (χ4n) is 3.02. The summed E-state index contributed by atoms with van der Waals surface area (Å²) in [6.07, 6.45) is 8.02. The second-order valence-electron chi connectivity index (χ2n) is 6.22. The smallest absolute Gasteiger partial charge is 0.104 e. The first kappa shape index (κ1) is 23.9. The molecular formula is C19H36BrNO. The molecule has 2 N–H and O–H groups in total. The molecule has 22 heavy (non-hydrogen) atoms. The van der Waals surface area contributed by atoms with Crippen LogP contribution in [-0.4, -0.2) is 29.6 Å². The number of hydrogen-bond acceptors (Lipinski definition) is 0. The fraction of sp³-hybridized carbons (Fsp3) is 0.684. The molecule has 2 nitrogen and oxygen atoms in total. The lowest BCUT2D eigenvalue weighted by molar-refractivity contribution is -0.941. The lowest BCUT2D eigenvalue weighted by atomic mass is 10.1. The van der Waals surface area contributed by atoms with Crippen LogP contribution in [0.15, 0.2) is 30.3 Å². The Balaban J connectivity index is 0. The molecule has 1 aromatic rings. The van der Waals surface area contributed by atoms with Crippen molar-refractivity contribution < 1.29 is 26.9 Å². The molecule has 0 radical (unpaired) electrons. The minimum absolute atomic E-state index is 0. The maximum absolute atomic E-state index is 2.32. The van der Waals surface area contributed by atoms with Crippen molar-refractivity contribution in [3.63, 3.8) is 0 Å². The summed E-state index contributed by atoms with van der Waals surface area (Å²) in [7, 11) is 0. The molecule has 0 unspecified atom stereocenters. The summed E-state index contributed by atoms with van der Waals surface area (Å²) in [4.78, 5) is 0. The van der Waals surface area contributed by atoms with Crippen molar-refractivity contribution in [1.29, 1.82) is 0 Å². The SMILES string of the molecule is CCCC[N+](CCCC)(CCCC)Cc1ccccc1.O.[Br-]. The van der Waals surface area contributed by atoms with Gasteiger partial charge in [0, 0.05) is 5.56 Å². The first-order valence-electron chi connectivity index (χ1n) is 8.65. The molecule has 0 saturated heterocycles. The third kappa shape index (κ3) is 8.92. The molecule has 0 bridgehead atoms. The molecular weight excluding hydrogens is 338 g/mol. The molecule has 1 aromatic carbocycles. The molecule has 0 aromatic heterocycles. The molecule has 0 amide bonds. The van der Waals surface area contributed by atoms with Gasteiger partial charge in [-0.3, -0.25) is 0 Å². The van der Waals surface area contributed by atoms with Gasteiger partial charge in [-0.2, -0.15) is 0 Å². The van der Waals surface area contributed by atoms with E-state index in [0.717, 1.165) is 0 Å². The molecule has 0 saturated carbocycles. The Kier molecular flexibility index (Phi) is 15.4. The van der Waals surface area contributed by atoms with Crippen molar-refractivity contribution in [1.82, 2.24) is 0 Å². The van der Waals surface area contributed by atoms with Gasteiger partial charge in [-0.1, -0.05) is 70.4 Å². The van der Waals surface area contributed by atoms with Crippen molar-refractivity contribution in [2.75, 3.05) is 19.6 Å². The second kappa shape index (κ2) is 14.2. The third-order valence-electron chi connectivity index (χ3n) is 4.32. The van der Waals surface area contributed by atoms with Gasteiger partial charge in [-0.25, -0.2) is 0 Å². The van der Waals surface area contributed by atoms with E-state index in [1.54, 1.807) is 0 Å². The van der Waals surface area contributed by atoms with E-state index in [-0.39, 0.29) is 22.5 Å². The summed E-state index contributed by atoms with van der Waals surface area (Å²) in [6.45, 7) is 12.2. The Morgan fingerprint density at radius 1 is 0.727 bits per heavy atom. The van der Waals surface area contributed by atoms with Crippen LogP contribution in [0, 0.1) is 0 Å². The third-order valence-corrected chi connectivity index (χ3v) is 4.32. The van der Waals surface area contributed by atoms with Crippen LogP contribution in [0.25, 0.3) is 0 Å². The van der Waals surface area contributed by atoms with E-state index >= 15 is 0 Å². The normalized spacial score (nSPS) is 10.7. The van der Waals surface area contributed by atoms with E-state index < -0.39 is 0 Å². The van der Waals surface area contributed by atoms with E-state index in [1.165, 1.54) is 74.8 Å². The lowest BCUT2D eigenvalue weighted by Crippen LogP contribution is -3.00. The van der Waals surface area contributed by atoms with Crippen molar-refractivity contribution in [3.05, 3.63) is 35.9 Å². The molecule has 0 spiro atoms. The van der Waals surface area contributed by atoms with Crippen molar-refractivity contribution in [3.8, 4) is 0 Å². The zero-order chi connectivity index (χ0) is 14.7. The Labute approximate surface area is 148 Å². The van der Waals surface area contributed by atoms with Gasteiger partial charge in [0.25, 0.3) is 0 Å². The van der Waals surface area contributed by atoms with Crippen LogP contribution >= 0.6 is 0 Å². The van der Waals surface area contributed by atoms with Crippen LogP contribution in [0.2, 0.25) is 0 Å². The second-order valence-corrected chi connectivity index (χ2v) is 6.22. The Morgan fingerprint density at radius 2 is 1.14 bits per heavy atom. The Hall–Kier alpha value is -0.380. The van der Waals surface area contributed by atoms with Crippen LogP contribution in [0.3, 0.4) is 0 Å². The predicted octanol–water partition coefficient (Wildman–Crippen LogP) is 1.58. The van der Waals surface area contributed by atoms with Gasteiger partial charge >= 0.3 is 0 Å². The van der Waals surface area contributed by atoms with E-state index in [0.29, 0.717) is 0 Å². The van der Waals surface area contributed by atoms with Crippen molar-refractivity contribution in [2.24, 2.45) is 0 Å². The molecule has 0 aliphatic rings. The standard InChI is InChI=1S/C19H34N.BrH.H2O/c1-4-7-15-20(16-8-5-2,17-9-6-3)18-19-13-11-10-12-14-19;;/h10-14H,4-9,15-18H2,1-3H3;1H;1H2/q+1;;/p-1. The van der Waals surface area contributed by atoms with E-state index in [2.05, 4.69) is 51.1 Å². The zero-order valence-corrected chi connectivity index (χ0v) is 16.4. The number of rotatable bonds is 11. The van der Waals surface area contributed by atoms with Gasteiger partial charge in [-0.05, 0) is 19.3 Å². The topological polar surface area (TPSA) is 31.5 Å². The first-order chi connectivity index (χ1) is 9.76. The number of unbranched alkanes of at least 4 members (excludes halogenated alkanes) is 3. The minimum Gasteiger partial charge on any atom is -1.00 e. The van der Waals surface area contributed by atoms with Gasteiger partial charge in [0.1, 0.15) is 6.54 Å². The van der Waals surface area contributed by atoms with E-state index in [9.17, 15) is 0 Å². The number of nitrogens with zero attached hydrogens (tertiary/aromatic N) is 1. The highest BCUT2D eigenvalue weighted by Crippen LogP contribution is 2.19. The highest BCUT2D eigenvalue weighted by molar-refractivity contribution is 5.13. The van der Waals surface area contributed by atoms with Gasteiger partial charge in [-0.15, -0.1) is 0 Å². The lowest BCUT2D eigenvalue weighted by Gasteiger charge is -2.39. The molecule has 1 rings (SSSR count). The number of hydrogen-bond donors (Lipinski definition) is 0. The molecule has 0 fully saturated rings. The minimum atomic E-state index is 0. The van der Waals surface area contributed by atoms with E-state index in [4.69, 9.17) is 0 Å². The average Bonchev–Trinajstić information content (AvgIpc) is 2.49. The number of halogens is 1. The van der Waals surface area contributed by atoms with Crippen molar-refractivity contribution in [2.45, 2.75) is 65.8 Å². The summed E-state index contributed by atoms with van der Waals surface area (Å²) in [5.41, 5.74) is 1.51. The van der Waals surface area contributed by atoms with Gasteiger partial charge in [0.15, 0.2) is 0 Å². The highest BCUT2D eigenvalue weighted by atomic mass is 79.9. The summed E-state index contributed by atoms with van der Waals surface area (Å²) in [5.74, 6) is 0. The molecule has 3 heteroatoms. The maximum atomic E-state index is 2.32. The average molecular weight is 374 g/mol. The Bertz CT molecular complexity index is 321. The predicted molar refractivity (Wildman–Crippen MR) is 93.3 cm³/mol. The fourth-order valence-corrected chi connectivity index (χ4v) is 3.02. The number of quaternary nitrogens is 1. The first-order valence-corrected chi connectivity index (χ1v) is 8.65. The van der Waals surface area contributed by atoms with Crippen LogP contribution in [0.4, 0.5) is 0 Å². The van der Waals surface area contributed by atoms with Gasteiger partial charge < -0.3 is 26.9 Å². The monoisotopic (exact) mass is 373 g/mol. The molecule has 0 aliphatic carbocycles. The molecule has 0 aliphatic heterocycles. The van der Waals surface area contributed by atoms with Crippen molar-refractivity contribution >= 4 is 0 Å². The quantitative estimate of drug-likeness (QED) is 0.527. The Morgan fingerprint density at radius 3 is 1.50 bits per heavy atom. The largest absolute Gasteiger partial charge is 1.00 e. The van der Waals surface area contributed by atoms with Crippen LogP contribution in [-0.2, 0) is 6.54 Å². The number of benzene rings is 1. The van der Waals surface area contributed by atoms with Crippen LogP contribution in [0.5, 0.6) is 0 Å². The van der Waals surface area contributed by atoms with Crippen LogP contribution in [0.1, 0.15) is 64.9 Å². The van der Waals surface area contributed by atoms with Gasteiger partial charge in [0.05, 0.1) is 19.6 Å². The summed E-state index contributed by atoms with van der Waals surface area (Å²) in [6, 6.07) is 11.1. The summed E-state index contributed by atoms with van der Waals surface area (Å²) in [5, 5.41) is 0. The summed E-state index contributed by atoms with van der Waals surface area (Å²) < 4.78 is 1.31. The van der Waals surface area contributed by atoms with Gasteiger partial charge in [0.2, 0.25) is 0 Å². The summed E-state index contributed by atoms with van der Waals surface area (Å²) >= 11 is 0. The molecule has 0 atom stereocenters. The molecule has 130 valence electrons. The van der Waals surface area contributed by atoms with Crippen LogP contribution < -0.4 is 17.0 Å². The molecule has 0 heterocycles. The maximum Gasteiger partial charge on any atom is 0.104 e. The van der Waals surface area contributed by atoms with E-state index in [1.807, 2.05) is 0 Å². The highest BCUT2D eigenvalue weighted by Gasteiger charge is 2.25. The zero-order valence-electron chi connectivity index (χ0n) is 14.8.